The van der Waals surface area contributed by atoms with E-state index in [4.69, 9.17) is 18.8 Å². The molecule has 1 aliphatic rings. The number of oxime groups is 1. The molecular formula is C29H33N3O6. The van der Waals surface area contributed by atoms with Gasteiger partial charge in [0.1, 0.15) is 12.4 Å². The number of ether oxygens (including phenoxy) is 2. The number of aromatic nitrogens is 1. The summed E-state index contributed by atoms with van der Waals surface area (Å²) < 4.78 is 17.2. The summed E-state index contributed by atoms with van der Waals surface area (Å²) in [5, 5.41) is 10.8. The van der Waals surface area contributed by atoms with Gasteiger partial charge in [-0.05, 0) is 55.5 Å². The largest absolute Gasteiger partial charge is 0.488 e. The zero-order valence-corrected chi connectivity index (χ0v) is 22.4. The van der Waals surface area contributed by atoms with E-state index >= 15 is 0 Å². The molecule has 9 nitrogen and oxygen atoms in total. The second-order valence-corrected chi connectivity index (χ2v) is 9.32. The van der Waals surface area contributed by atoms with Gasteiger partial charge in [0.05, 0.1) is 17.7 Å². The Labute approximate surface area is 222 Å². The molecule has 1 atom stereocenters. The molecule has 1 amide bonds. The number of carbonyl (C=O) groups is 2. The average molecular weight is 520 g/mol. The smallest absolute Gasteiger partial charge is 0.356 e. The minimum absolute atomic E-state index is 0.0767. The fourth-order valence-electron chi connectivity index (χ4n) is 4.42. The van der Waals surface area contributed by atoms with E-state index in [0.717, 1.165) is 16.7 Å². The Morgan fingerprint density at radius 1 is 1.16 bits per heavy atom. The second kappa shape index (κ2) is 11.9. The van der Waals surface area contributed by atoms with Crippen LogP contribution in [-0.4, -0.2) is 35.9 Å². The molecule has 1 aromatic heterocycles. The fourth-order valence-corrected chi connectivity index (χ4v) is 4.42. The van der Waals surface area contributed by atoms with Crippen molar-refractivity contribution in [3.63, 3.8) is 0 Å². The molecule has 0 fully saturated rings. The number of nitrogens with one attached hydrogen (secondary N) is 1. The highest BCUT2D eigenvalue weighted by Gasteiger charge is 2.37. The van der Waals surface area contributed by atoms with E-state index in [0.29, 0.717) is 35.8 Å². The van der Waals surface area contributed by atoms with Gasteiger partial charge in [-0.1, -0.05) is 54.5 Å². The monoisotopic (exact) mass is 519 g/mol. The van der Waals surface area contributed by atoms with Crippen LogP contribution in [0.25, 0.3) is 11.3 Å². The van der Waals surface area contributed by atoms with Crippen molar-refractivity contribution < 1.29 is 28.4 Å². The van der Waals surface area contributed by atoms with Crippen LogP contribution in [0.3, 0.4) is 0 Å². The first-order valence-electron chi connectivity index (χ1n) is 12.8. The summed E-state index contributed by atoms with van der Waals surface area (Å²) in [4.78, 5) is 30.9. The van der Waals surface area contributed by atoms with Crippen molar-refractivity contribution in [2.45, 2.75) is 59.7 Å². The Morgan fingerprint density at radius 2 is 1.92 bits per heavy atom. The Bertz CT molecular complexity index is 1330. The van der Waals surface area contributed by atoms with Gasteiger partial charge >= 0.3 is 5.97 Å². The third kappa shape index (κ3) is 5.72. The first kappa shape index (κ1) is 26.9. The van der Waals surface area contributed by atoms with E-state index in [9.17, 15) is 9.59 Å². The van der Waals surface area contributed by atoms with Gasteiger partial charge in [-0.25, -0.2) is 4.79 Å². The van der Waals surface area contributed by atoms with Crippen LogP contribution in [0.15, 0.2) is 52.1 Å². The Morgan fingerprint density at radius 3 is 2.61 bits per heavy atom. The first-order chi connectivity index (χ1) is 18.3. The van der Waals surface area contributed by atoms with Gasteiger partial charge in [0.25, 0.3) is 5.91 Å². The van der Waals surface area contributed by atoms with Crippen LogP contribution >= 0.6 is 0 Å². The molecule has 0 saturated carbocycles. The normalized spacial score (nSPS) is 14.7. The van der Waals surface area contributed by atoms with Gasteiger partial charge < -0.3 is 24.2 Å². The lowest BCUT2D eigenvalue weighted by Crippen LogP contribution is -2.25. The number of benzene rings is 2. The molecule has 1 aliphatic heterocycles. The molecule has 9 heteroatoms. The molecule has 3 aromatic rings. The molecule has 1 unspecified atom stereocenters. The molecular weight excluding hydrogens is 486 g/mol. The Hall–Kier alpha value is -4.14. The van der Waals surface area contributed by atoms with Crippen molar-refractivity contribution in [2.24, 2.45) is 5.16 Å². The molecule has 0 bridgehead atoms. The lowest BCUT2D eigenvalue weighted by atomic mass is 9.91. The van der Waals surface area contributed by atoms with Crippen LogP contribution in [0.5, 0.6) is 5.75 Å². The van der Waals surface area contributed by atoms with Crippen LogP contribution in [0.2, 0.25) is 0 Å². The molecule has 0 radical (unpaired) electrons. The first-order valence-corrected chi connectivity index (χ1v) is 12.8. The van der Waals surface area contributed by atoms with Crippen molar-refractivity contribution in [3.05, 3.63) is 70.4 Å². The molecule has 1 N–H and O–H groups in total. The van der Waals surface area contributed by atoms with Crippen LogP contribution in [0, 0.1) is 6.92 Å². The van der Waals surface area contributed by atoms with Gasteiger partial charge in [-0.2, -0.15) is 0 Å². The van der Waals surface area contributed by atoms with Crippen LogP contribution in [0.1, 0.15) is 78.9 Å². The number of esters is 1. The van der Waals surface area contributed by atoms with Gasteiger partial charge in [-0.3, -0.25) is 4.79 Å². The second-order valence-electron chi connectivity index (χ2n) is 9.32. The number of hydrogen-bond acceptors (Lipinski definition) is 8. The highest BCUT2D eigenvalue weighted by Crippen LogP contribution is 2.43. The summed E-state index contributed by atoms with van der Waals surface area (Å²) in [6.07, 6.45) is -0.651. The zero-order valence-electron chi connectivity index (χ0n) is 22.4. The molecule has 0 aliphatic carbocycles. The van der Waals surface area contributed by atoms with E-state index in [1.807, 2.05) is 56.3 Å². The molecule has 4 rings (SSSR count). The Balaban J connectivity index is 1.80. The quantitative estimate of drug-likeness (QED) is 0.353. The predicted molar refractivity (Wildman–Crippen MR) is 142 cm³/mol. The SMILES string of the molecule is CCNC(=O)c1noc(-c2cc(C(C)C)c(C)cc2OCc2ccccc2)c1C1CC(C(=O)OCC)=NO1. The molecule has 38 heavy (non-hydrogen) atoms. The summed E-state index contributed by atoms with van der Waals surface area (Å²) >= 11 is 0. The van der Waals surface area contributed by atoms with E-state index in [-0.39, 0.29) is 30.4 Å². The molecule has 2 aromatic carbocycles. The van der Waals surface area contributed by atoms with Gasteiger partial charge in [0.15, 0.2) is 23.3 Å². The van der Waals surface area contributed by atoms with Crippen molar-refractivity contribution in [1.82, 2.24) is 10.5 Å². The van der Waals surface area contributed by atoms with Crippen LogP contribution < -0.4 is 10.1 Å². The van der Waals surface area contributed by atoms with Gasteiger partial charge in [0, 0.05) is 13.0 Å². The van der Waals surface area contributed by atoms with Crippen LogP contribution in [-0.2, 0) is 21.0 Å². The van der Waals surface area contributed by atoms with Gasteiger partial charge in [0.2, 0.25) is 0 Å². The topological polar surface area (TPSA) is 112 Å². The third-order valence-corrected chi connectivity index (χ3v) is 6.25. The lowest BCUT2D eigenvalue weighted by molar-refractivity contribution is -0.135. The number of carbonyl (C=O) groups excluding carboxylic acids is 2. The van der Waals surface area contributed by atoms with Crippen molar-refractivity contribution >= 4 is 17.6 Å². The lowest BCUT2D eigenvalue weighted by Gasteiger charge is -2.18. The summed E-state index contributed by atoms with van der Waals surface area (Å²) in [6, 6.07) is 13.8. The highest BCUT2D eigenvalue weighted by molar-refractivity contribution is 6.36. The average Bonchev–Trinajstić information content (AvgIpc) is 3.56. The number of nitrogens with zero attached hydrogens (tertiary/aromatic N) is 2. The zero-order chi connectivity index (χ0) is 27.2. The minimum Gasteiger partial charge on any atom is -0.488 e. The highest BCUT2D eigenvalue weighted by atomic mass is 16.6. The standard InChI is InChI=1S/C29H33N3O6/c1-6-30-28(33)26-25(24-15-22(31-37-24)29(34)35-7-2)27(38-32-26)21-14-20(17(3)4)18(5)13-23(21)36-16-19-11-9-8-10-12-19/h8-14,17,24H,6-7,15-16H2,1-5H3,(H,30,33). The van der Waals surface area contributed by atoms with Crippen molar-refractivity contribution in [2.75, 3.05) is 13.2 Å². The van der Waals surface area contributed by atoms with E-state index in [1.165, 1.54) is 0 Å². The van der Waals surface area contributed by atoms with E-state index < -0.39 is 18.0 Å². The summed E-state index contributed by atoms with van der Waals surface area (Å²) in [7, 11) is 0. The maximum Gasteiger partial charge on any atom is 0.356 e. The molecule has 200 valence electrons. The Kier molecular flexibility index (Phi) is 8.45. The molecule has 0 spiro atoms. The fraction of sp³-hybridized carbons (Fsp3) is 0.379. The van der Waals surface area contributed by atoms with E-state index in [1.54, 1.807) is 6.92 Å². The maximum absolute atomic E-state index is 13.0. The third-order valence-electron chi connectivity index (χ3n) is 6.25. The van der Waals surface area contributed by atoms with Crippen LogP contribution in [0.4, 0.5) is 0 Å². The number of rotatable bonds is 10. The number of amides is 1. The predicted octanol–water partition coefficient (Wildman–Crippen LogP) is 5.48. The summed E-state index contributed by atoms with van der Waals surface area (Å²) in [5.41, 5.74) is 4.44. The van der Waals surface area contributed by atoms with Crippen molar-refractivity contribution in [1.29, 1.82) is 0 Å². The molecule has 2 heterocycles. The summed E-state index contributed by atoms with van der Waals surface area (Å²) in [5.74, 6) is 0.180. The van der Waals surface area contributed by atoms with Crippen molar-refractivity contribution in [3.8, 4) is 17.1 Å². The van der Waals surface area contributed by atoms with E-state index in [2.05, 4.69) is 29.5 Å². The number of aryl methyl sites for hydroxylation is 1. The molecule has 0 saturated heterocycles. The minimum atomic E-state index is -0.765. The summed E-state index contributed by atoms with van der Waals surface area (Å²) in [6.45, 7) is 10.8. The maximum atomic E-state index is 13.0. The van der Waals surface area contributed by atoms with Gasteiger partial charge in [-0.15, -0.1) is 0 Å². The number of hydrogen-bond donors (Lipinski definition) is 1.